The van der Waals surface area contributed by atoms with Crippen molar-refractivity contribution in [3.05, 3.63) is 24.0 Å². The maximum absolute atomic E-state index is 12.2. The molecule has 0 saturated carbocycles. The van der Waals surface area contributed by atoms with Crippen molar-refractivity contribution in [3.63, 3.8) is 0 Å². The number of hydrogen-bond donors (Lipinski definition) is 1. The van der Waals surface area contributed by atoms with Gasteiger partial charge in [0, 0.05) is 6.04 Å². The number of amides is 1. The van der Waals surface area contributed by atoms with Crippen molar-refractivity contribution in [2.75, 3.05) is 19.7 Å². The summed E-state index contributed by atoms with van der Waals surface area (Å²) in [5, 5.41) is 2.36. The van der Waals surface area contributed by atoms with Crippen molar-refractivity contribution < 1.29 is 9.53 Å². The first-order valence-corrected chi connectivity index (χ1v) is 9.17. The van der Waals surface area contributed by atoms with Crippen LogP contribution in [-0.4, -0.2) is 53.3 Å². The Morgan fingerprint density at radius 2 is 2.26 bits per heavy atom. The fraction of sp³-hybridized carbons (Fsp3) is 0.706. The molecule has 1 heterocycles. The number of likely N-dealkylation sites (tertiary alicyclic amines) is 1. The Hall–Kier alpha value is -0.710. The molecule has 1 aliphatic heterocycles. The minimum absolute atomic E-state index is 0.0463. The number of carbonyl (C=O) groups is 1. The second kappa shape index (κ2) is 8.95. The highest BCUT2D eigenvalue weighted by molar-refractivity contribution is 6.32. The molecule has 23 heavy (non-hydrogen) atoms. The average Bonchev–Trinajstić information content (AvgIpc) is 2.51. The van der Waals surface area contributed by atoms with E-state index in [2.05, 4.69) is 17.1 Å². The summed E-state index contributed by atoms with van der Waals surface area (Å²) in [7, 11) is 0. The molecule has 0 unspecified atom stereocenters. The van der Waals surface area contributed by atoms with Gasteiger partial charge in [-0.1, -0.05) is 18.6 Å². The van der Waals surface area contributed by atoms with Gasteiger partial charge in [0.05, 0.1) is 18.0 Å². The molecular formula is C17H26Cl2N2O2. The van der Waals surface area contributed by atoms with E-state index < -0.39 is 0 Å². The lowest BCUT2D eigenvalue weighted by Gasteiger charge is -2.33. The highest BCUT2D eigenvalue weighted by Gasteiger charge is 2.24. The van der Waals surface area contributed by atoms with Crippen LogP contribution in [0.15, 0.2) is 24.0 Å². The first-order valence-electron chi connectivity index (χ1n) is 8.30. The topological polar surface area (TPSA) is 41.6 Å². The summed E-state index contributed by atoms with van der Waals surface area (Å²) in [4.78, 5) is 14.4. The van der Waals surface area contributed by atoms with Gasteiger partial charge < -0.3 is 10.1 Å². The summed E-state index contributed by atoms with van der Waals surface area (Å²) in [5.74, 6) is 0.699. The zero-order valence-electron chi connectivity index (χ0n) is 13.8. The molecule has 130 valence electrons. The number of nitrogens with zero attached hydrogens (tertiary/aromatic N) is 1. The number of allylic oxidation sites excluding steroid dienone is 4. The summed E-state index contributed by atoms with van der Waals surface area (Å²) in [6.07, 6.45) is 9.09. The summed E-state index contributed by atoms with van der Waals surface area (Å²) < 4.78 is 5.70. The van der Waals surface area contributed by atoms with Gasteiger partial charge >= 0.3 is 0 Å². The Balaban J connectivity index is 1.71. The molecule has 0 aromatic rings. The molecular weight excluding hydrogens is 335 g/mol. The van der Waals surface area contributed by atoms with E-state index in [1.807, 2.05) is 25.2 Å². The summed E-state index contributed by atoms with van der Waals surface area (Å²) >= 11 is 12.3. The smallest absolute Gasteiger partial charge is 0.234 e. The van der Waals surface area contributed by atoms with Crippen molar-refractivity contribution in [2.45, 2.75) is 55.9 Å². The quantitative estimate of drug-likeness (QED) is 0.740. The number of ether oxygens (including phenoxy) is 1. The second-order valence-corrected chi connectivity index (χ2v) is 7.37. The van der Waals surface area contributed by atoms with Crippen LogP contribution in [0.3, 0.4) is 0 Å². The zero-order valence-corrected chi connectivity index (χ0v) is 15.3. The first-order chi connectivity index (χ1) is 11.0. The lowest BCUT2D eigenvalue weighted by atomic mass is 10.0. The number of rotatable bonds is 6. The van der Waals surface area contributed by atoms with Crippen molar-refractivity contribution >= 4 is 29.1 Å². The standard InChI is InChI=1S/C17H26Cl2N2O2/c1-12(11-23-15-8-5-7-14(18)17(15)19)20-16(22)10-21-9-4-3-6-13(21)2/h5,7-8,12-14,17H,3-4,6,9-11H2,1-2H3,(H,20,22)/t12-,13-,14+,17+/m1/s1. The van der Waals surface area contributed by atoms with E-state index >= 15 is 0 Å². The van der Waals surface area contributed by atoms with Gasteiger partial charge in [0.1, 0.15) is 17.7 Å². The lowest BCUT2D eigenvalue weighted by Crippen LogP contribution is -2.47. The molecule has 1 fully saturated rings. The van der Waals surface area contributed by atoms with Crippen LogP contribution in [-0.2, 0) is 9.53 Å². The molecule has 0 bridgehead atoms. The molecule has 0 spiro atoms. The van der Waals surface area contributed by atoms with Crippen LogP contribution in [0.5, 0.6) is 0 Å². The van der Waals surface area contributed by atoms with Gasteiger partial charge in [0.2, 0.25) is 5.91 Å². The number of nitrogens with one attached hydrogen (secondary N) is 1. The molecule has 0 radical (unpaired) electrons. The van der Waals surface area contributed by atoms with Crippen LogP contribution >= 0.6 is 23.2 Å². The maximum Gasteiger partial charge on any atom is 0.234 e. The number of alkyl halides is 2. The molecule has 2 rings (SSSR count). The van der Waals surface area contributed by atoms with Crippen LogP contribution in [0.25, 0.3) is 0 Å². The Kier molecular flexibility index (Phi) is 7.25. The van der Waals surface area contributed by atoms with Crippen LogP contribution in [0.4, 0.5) is 0 Å². The van der Waals surface area contributed by atoms with Crippen molar-refractivity contribution in [3.8, 4) is 0 Å². The van der Waals surface area contributed by atoms with Gasteiger partial charge in [0.15, 0.2) is 0 Å². The SMILES string of the molecule is C[C@H](COC1=CC=C[C@H](Cl)[C@@H]1Cl)NC(=O)CN1CCCC[C@H]1C. The molecule has 4 nitrogen and oxygen atoms in total. The Morgan fingerprint density at radius 3 is 3.00 bits per heavy atom. The van der Waals surface area contributed by atoms with E-state index in [9.17, 15) is 4.79 Å². The summed E-state index contributed by atoms with van der Waals surface area (Å²) in [5.41, 5.74) is 0. The normalized spacial score (nSPS) is 29.7. The minimum atomic E-state index is -0.362. The monoisotopic (exact) mass is 360 g/mol. The van der Waals surface area contributed by atoms with Crippen LogP contribution in [0.2, 0.25) is 0 Å². The largest absolute Gasteiger partial charge is 0.494 e. The van der Waals surface area contributed by atoms with E-state index in [0.717, 1.165) is 6.54 Å². The summed E-state index contributed by atoms with van der Waals surface area (Å²) in [6.45, 7) is 5.96. The predicted molar refractivity (Wildman–Crippen MR) is 94.9 cm³/mol. The van der Waals surface area contributed by atoms with E-state index in [1.165, 1.54) is 19.3 Å². The van der Waals surface area contributed by atoms with Crippen LogP contribution in [0.1, 0.15) is 33.1 Å². The van der Waals surface area contributed by atoms with Gasteiger partial charge in [-0.25, -0.2) is 0 Å². The van der Waals surface area contributed by atoms with E-state index in [0.29, 0.717) is 25.0 Å². The number of piperidine rings is 1. The fourth-order valence-electron chi connectivity index (χ4n) is 2.89. The molecule has 2 aliphatic rings. The molecule has 0 aromatic heterocycles. The average molecular weight is 361 g/mol. The Labute approximate surface area is 148 Å². The van der Waals surface area contributed by atoms with Crippen molar-refractivity contribution in [2.24, 2.45) is 0 Å². The molecule has 1 saturated heterocycles. The van der Waals surface area contributed by atoms with E-state index in [1.54, 1.807) is 0 Å². The second-order valence-electron chi connectivity index (χ2n) is 6.39. The van der Waals surface area contributed by atoms with Gasteiger partial charge in [-0.15, -0.1) is 23.2 Å². The Morgan fingerprint density at radius 1 is 1.48 bits per heavy atom. The summed E-state index contributed by atoms with van der Waals surface area (Å²) in [6, 6.07) is 0.407. The van der Waals surface area contributed by atoms with E-state index in [-0.39, 0.29) is 22.7 Å². The highest BCUT2D eigenvalue weighted by atomic mass is 35.5. The van der Waals surface area contributed by atoms with E-state index in [4.69, 9.17) is 27.9 Å². The molecule has 6 heteroatoms. The molecule has 4 atom stereocenters. The predicted octanol–water partition coefficient (Wildman–Crippen LogP) is 3.05. The van der Waals surface area contributed by atoms with Crippen molar-refractivity contribution in [1.29, 1.82) is 0 Å². The molecule has 0 aromatic carbocycles. The zero-order chi connectivity index (χ0) is 16.8. The third-order valence-electron chi connectivity index (χ3n) is 4.30. The third kappa shape index (κ3) is 5.70. The number of carbonyl (C=O) groups excluding carboxylic acids is 1. The van der Waals surface area contributed by atoms with Crippen LogP contribution in [0, 0.1) is 0 Å². The fourth-order valence-corrected chi connectivity index (χ4v) is 3.32. The van der Waals surface area contributed by atoms with Gasteiger partial charge in [-0.2, -0.15) is 0 Å². The molecule has 1 amide bonds. The minimum Gasteiger partial charge on any atom is -0.494 e. The number of halogens is 2. The third-order valence-corrected chi connectivity index (χ3v) is 5.31. The van der Waals surface area contributed by atoms with Gasteiger partial charge in [0.25, 0.3) is 0 Å². The first kappa shape index (κ1) is 18.6. The highest BCUT2D eigenvalue weighted by Crippen LogP contribution is 2.24. The lowest BCUT2D eigenvalue weighted by molar-refractivity contribution is -0.124. The van der Waals surface area contributed by atoms with Gasteiger partial charge in [-0.3, -0.25) is 9.69 Å². The number of hydrogen-bond acceptors (Lipinski definition) is 3. The Bertz CT molecular complexity index is 468. The van der Waals surface area contributed by atoms with Crippen LogP contribution < -0.4 is 5.32 Å². The molecule has 1 N–H and O–H groups in total. The van der Waals surface area contributed by atoms with Gasteiger partial charge in [-0.05, 0) is 39.3 Å². The maximum atomic E-state index is 12.2. The van der Waals surface area contributed by atoms with Crippen molar-refractivity contribution in [1.82, 2.24) is 10.2 Å². The molecule has 1 aliphatic carbocycles.